The summed E-state index contributed by atoms with van der Waals surface area (Å²) < 4.78 is 0. The van der Waals surface area contributed by atoms with E-state index in [1.54, 1.807) is 11.4 Å². The molecule has 2 nitrogen and oxygen atoms in total. The second kappa shape index (κ2) is 8.36. The lowest BCUT2D eigenvalue weighted by Gasteiger charge is -2.45. The van der Waals surface area contributed by atoms with Gasteiger partial charge in [-0.2, -0.15) is 0 Å². The van der Waals surface area contributed by atoms with Gasteiger partial charge in [-0.05, 0) is 69.9 Å². The quantitative estimate of drug-likeness (QED) is 0.527. The molecule has 0 aromatic heterocycles. The second-order valence-corrected chi connectivity index (χ2v) is 10.3. The first kappa shape index (κ1) is 19.5. The zero-order valence-electron chi connectivity index (χ0n) is 18.7. The molecule has 0 bridgehead atoms. The Balaban J connectivity index is 1.61. The molecule has 0 amide bonds. The van der Waals surface area contributed by atoms with Crippen molar-refractivity contribution in [2.45, 2.75) is 110 Å². The molecule has 1 aromatic rings. The topological polar surface area (TPSA) is 6.48 Å². The summed E-state index contributed by atoms with van der Waals surface area (Å²) in [5.41, 5.74) is 6.25. The van der Waals surface area contributed by atoms with Gasteiger partial charge in [-0.15, -0.1) is 0 Å². The number of aryl methyl sites for hydroxylation is 1. The summed E-state index contributed by atoms with van der Waals surface area (Å²) in [4.78, 5) is 5.85. The lowest BCUT2D eigenvalue weighted by Crippen LogP contribution is -2.50. The summed E-state index contributed by atoms with van der Waals surface area (Å²) in [6.07, 6.45) is 19.1. The summed E-state index contributed by atoms with van der Waals surface area (Å²) in [5.74, 6) is 1.63. The van der Waals surface area contributed by atoms with Crippen LogP contribution in [0, 0.1) is 18.8 Å². The predicted molar refractivity (Wildman–Crippen MR) is 123 cm³/mol. The van der Waals surface area contributed by atoms with E-state index in [1.165, 1.54) is 94.7 Å². The monoisotopic (exact) mass is 392 g/mol. The van der Waals surface area contributed by atoms with Crippen molar-refractivity contribution >= 4 is 5.69 Å². The number of anilines is 1. The molecule has 1 unspecified atom stereocenters. The lowest BCUT2D eigenvalue weighted by atomic mass is 9.90. The molecule has 4 aliphatic rings. The van der Waals surface area contributed by atoms with Crippen molar-refractivity contribution in [3.8, 4) is 0 Å². The van der Waals surface area contributed by atoms with E-state index in [9.17, 15) is 0 Å². The predicted octanol–water partition coefficient (Wildman–Crippen LogP) is 7.39. The van der Waals surface area contributed by atoms with Gasteiger partial charge in [0.2, 0.25) is 0 Å². The largest absolute Gasteiger partial charge is 0.349 e. The molecule has 5 rings (SSSR count). The molecule has 3 aliphatic carbocycles. The van der Waals surface area contributed by atoms with E-state index >= 15 is 0 Å². The molecule has 29 heavy (non-hydrogen) atoms. The van der Waals surface area contributed by atoms with Crippen LogP contribution >= 0.6 is 0 Å². The third-order valence-corrected chi connectivity index (χ3v) is 8.47. The average molecular weight is 393 g/mol. The summed E-state index contributed by atoms with van der Waals surface area (Å²) in [6, 6.07) is 9.92. The molecule has 2 heteroatoms. The van der Waals surface area contributed by atoms with Crippen molar-refractivity contribution in [3.05, 3.63) is 41.2 Å². The van der Waals surface area contributed by atoms with E-state index in [0.29, 0.717) is 6.17 Å². The minimum atomic E-state index is 0.567. The summed E-state index contributed by atoms with van der Waals surface area (Å²) in [5, 5.41) is 0. The van der Waals surface area contributed by atoms with Gasteiger partial charge >= 0.3 is 0 Å². The Morgan fingerprint density at radius 2 is 1.34 bits per heavy atom. The third-order valence-electron chi connectivity index (χ3n) is 8.47. The van der Waals surface area contributed by atoms with Crippen LogP contribution in [-0.4, -0.2) is 17.1 Å². The number of rotatable bonds is 4. The van der Waals surface area contributed by atoms with Crippen LogP contribution in [0.3, 0.4) is 0 Å². The average Bonchev–Trinajstić information content (AvgIpc) is 3.49. The molecule has 0 spiro atoms. The molecule has 0 N–H and O–H groups in total. The summed E-state index contributed by atoms with van der Waals surface area (Å²) in [7, 11) is 0. The summed E-state index contributed by atoms with van der Waals surface area (Å²) >= 11 is 0. The van der Waals surface area contributed by atoms with Crippen LogP contribution in [0.2, 0.25) is 0 Å². The van der Waals surface area contributed by atoms with Gasteiger partial charge in [-0.1, -0.05) is 63.1 Å². The fourth-order valence-electron chi connectivity index (χ4n) is 7.10. The number of hydrogen-bond acceptors (Lipinski definition) is 2. The van der Waals surface area contributed by atoms with E-state index in [1.807, 2.05) is 0 Å². The molecular weight excluding hydrogens is 352 g/mol. The highest BCUT2D eigenvalue weighted by atomic mass is 15.4. The molecule has 158 valence electrons. The van der Waals surface area contributed by atoms with Crippen molar-refractivity contribution in [1.82, 2.24) is 4.90 Å². The molecule has 0 radical (unpaired) electrons. The summed E-state index contributed by atoms with van der Waals surface area (Å²) in [6.45, 7) is 4.78. The molecule has 3 fully saturated rings. The molecule has 1 aliphatic heterocycles. The maximum absolute atomic E-state index is 3.03. The van der Waals surface area contributed by atoms with E-state index in [0.717, 1.165) is 17.9 Å². The standard InChI is InChI=1S/C27H40N2/c1-20-12-6-11-19-25(20)28-21(2)26(22-13-7-8-14-22)29(24-17-4-3-5-18-24)27(28)23-15-9-10-16-23/h6,11-12,19,22-24,27H,3-5,7-10,13-18H2,1-2H3. The number of para-hydroxylation sites is 1. The van der Waals surface area contributed by atoms with E-state index < -0.39 is 0 Å². The van der Waals surface area contributed by atoms with Crippen LogP contribution in [0.4, 0.5) is 5.69 Å². The van der Waals surface area contributed by atoms with Gasteiger partial charge in [0.1, 0.15) is 6.17 Å². The lowest BCUT2D eigenvalue weighted by molar-refractivity contribution is 0.112. The Hall–Kier alpha value is -1.44. The van der Waals surface area contributed by atoms with Gasteiger partial charge in [0.25, 0.3) is 0 Å². The number of allylic oxidation sites excluding steroid dienone is 2. The van der Waals surface area contributed by atoms with Gasteiger partial charge in [-0.3, -0.25) is 0 Å². The SMILES string of the molecule is CC1=C(C2CCCC2)N(C2CCCCC2)C(C2CCCC2)N1c1ccccc1C. The Bertz CT molecular complexity index is 733. The first-order valence-corrected chi connectivity index (χ1v) is 12.6. The molecule has 0 saturated heterocycles. The van der Waals surface area contributed by atoms with Crippen LogP contribution in [0.15, 0.2) is 35.7 Å². The zero-order chi connectivity index (χ0) is 19.8. The molecule has 1 heterocycles. The Labute approximate surface area is 178 Å². The number of hydrogen-bond donors (Lipinski definition) is 0. The fourth-order valence-corrected chi connectivity index (χ4v) is 7.10. The van der Waals surface area contributed by atoms with Gasteiger partial charge in [0.15, 0.2) is 0 Å². The van der Waals surface area contributed by atoms with E-state index in [2.05, 4.69) is 47.9 Å². The van der Waals surface area contributed by atoms with Crippen LogP contribution in [0.1, 0.15) is 96.0 Å². The fraction of sp³-hybridized carbons (Fsp3) is 0.704. The smallest absolute Gasteiger partial charge is 0.109 e. The van der Waals surface area contributed by atoms with E-state index in [-0.39, 0.29) is 0 Å². The van der Waals surface area contributed by atoms with E-state index in [4.69, 9.17) is 0 Å². The number of benzene rings is 1. The second-order valence-electron chi connectivity index (χ2n) is 10.3. The Kier molecular flexibility index (Phi) is 5.63. The first-order valence-electron chi connectivity index (χ1n) is 12.6. The molecule has 1 atom stereocenters. The third kappa shape index (κ3) is 3.51. The van der Waals surface area contributed by atoms with Crippen LogP contribution in [-0.2, 0) is 0 Å². The van der Waals surface area contributed by atoms with Gasteiger partial charge in [-0.25, -0.2) is 0 Å². The first-order chi connectivity index (χ1) is 14.3. The van der Waals surface area contributed by atoms with Crippen molar-refractivity contribution < 1.29 is 0 Å². The van der Waals surface area contributed by atoms with Gasteiger partial charge in [0, 0.05) is 29.0 Å². The minimum Gasteiger partial charge on any atom is -0.349 e. The molecular formula is C27H40N2. The Morgan fingerprint density at radius 1 is 0.724 bits per heavy atom. The highest BCUT2D eigenvalue weighted by Gasteiger charge is 2.47. The molecule has 3 saturated carbocycles. The normalized spacial score (nSPS) is 27.6. The van der Waals surface area contributed by atoms with Gasteiger partial charge < -0.3 is 9.80 Å². The van der Waals surface area contributed by atoms with Crippen LogP contribution in [0.25, 0.3) is 0 Å². The number of nitrogens with zero attached hydrogens (tertiary/aromatic N) is 2. The maximum atomic E-state index is 3.03. The van der Waals surface area contributed by atoms with Crippen molar-refractivity contribution in [2.75, 3.05) is 4.90 Å². The van der Waals surface area contributed by atoms with Crippen molar-refractivity contribution in [2.24, 2.45) is 11.8 Å². The van der Waals surface area contributed by atoms with Gasteiger partial charge in [0.05, 0.1) is 0 Å². The van der Waals surface area contributed by atoms with Crippen LogP contribution < -0.4 is 4.90 Å². The van der Waals surface area contributed by atoms with Crippen molar-refractivity contribution in [3.63, 3.8) is 0 Å². The highest BCUT2D eigenvalue weighted by Crippen LogP contribution is 2.49. The van der Waals surface area contributed by atoms with Crippen molar-refractivity contribution in [1.29, 1.82) is 0 Å². The maximum Gasteiger partial charge on any atom is 0.109 e. The Morgan fingerprint density at radius 3 is 2.03 bits per heavy atom. The molecule has 1 aromatic carbocycles. The van der Waals surface area contributed by atoms with Crippen LogP contribution in [0.5, 0.6) is 0 Å². The highest BCUT2D eigenvalue weighted by molar-refractivity contribution is 5.61. The zero-order valence-corrected chi connectivity index (χ0v) is 18.7. The minimum absolute atomic E-state index is 0.567.